The van der Waals surface area contributed by atoms with E-state index in [1.807, 2.05) is 24.3 Å². The number of hydrogen-bond donors (Lipinski definition) is 2. The molecule has 110 valence electrons. The number of aromatic amines is 2. The van der Waals surface area contributed by atoms with Crippen molar-refractivity contribution in [2.75, 3.05) is 13.7 Å². The number of benzene rings is 1. The van der Waals surface area contributed by atoms with E-state index >= 15 is 0 Å². The third kappa shape index (κ3) is 3.82. The van der Waals surface area contributed by atoms with Gasteiger partial charge < -0.3 is 9.64 Å². The first kappa shape index (κ1) is 14.6. The Labute approximate surface area is 121 Å². The SMILES string of the molecule is C=CCOc1ccc(CN(C)C(=O)c2n[nH]c(=O)[nH]2)cc1. The molecule has 0 unspecified atom stereocenters. The number of nitrogens with zero attached hydrogens (tertiary/aromatic N) is 2. The van der Waals surface area contributed by atoms with Gasteiger partial charge in [0.05, 0.1) is 0 Å². The zero-order valence-electron chi connectivity index (χ0n) is 11.6. The highest BCUT2D eigenvalue weighted by atomic mass is 16.5. The number of H-pyrrole nitrogens is 2. The summed E-state index contributed by atoms with van der Waals surface area (Å²) < 4.78 is 5.38. The first-order valence-electron chi connectivity index (χ1n) is 6.33. The van der Waals surface area contributed by atoms with Crippen LogP contribution in [0.3, 0.4) is 0 Å². The predicted octanol–water partition coefficient (Wildman–Crippen LogP) is 0.935. The number of hydrogen-bond acceptors (Lipinski definition) is 4. The highest BCUT2D eigenvalue weighted by Crippen LogP contribution is 2.13. The van der Waals surface area contributed by atoms with Gasteiger partial charge in [0.15, 0.2) is 0 Å². The molecule has 0 aliphatic rings. The van der Waals surface area contributed by atoms with Crippen LogP contribution in [0.4, 0.5) is 0 Å². The van der Waals surface area contributed by atoms with Crippen molar-refractivity contribution in [2.45, 2.75) is 6.54 Å². The molecule has 0 aliphatic carbocycles. The van der Waals surface area contributed by atoms with Gasteiger partial charge in [-0.15, -0.1) is 5.10 Å². The van der Waals surface area contributed by atoms with E-state index in [9.17, 15) is 9.59 Å². The predicted molar refractivity (Wildman–Crippen MR) is 77.1 cm³/mol. The molecule has 0 bridgehead atoms. The second-order valence-corrected chi connectivity index (χ2v) is 4.43. The lowest BCUT2D eigenvalue weighted by atomic mass is 10.2. The van der Waals surface area contributed by atoms with E-state index < -0.39 is 5.69 Å². The number of carbonyl (C=O) groups excluding carboxylic acids is 1. The molecule has 0 radical (unpaired) electrons. The molecule has 0 aliphatic heterocycles. The Kier molecular flexibility index (Phi) is 4.55. The standard InChI is InChI=1S/C14H16N4O3/c1-3-8-21-11-6-4-10(5-7-11)9-18(2)13(19)12-15-14(20)17-16-12/h3-7H,1,8-9H2,2H3,(H2,15,16,17,20). The minimum atomic E-state index is -0.504. The molecule has 7 heteroatoms. The third-order valence-electron chi connectivity index (χ3n) is 2.76. The van der Waals surface area contributed by atoms with E-state index in [-0.39, 0.29) is 11.7 Å². The highest BCUT2D eigenvalue weighted by molar-refractivity contribution is 5.90. The topological polar surface area (TPSA) is 91.1 Å². The molecule has 0 fully saturated rings. The monoisotopic (exact) mass is 288 g/mol. The van der Waals surface area contributed by atoms with Crippen molar-refractivity contribution in [3.63, 3.8) is 0 Å². The Morgan fingerprint density at radius 2 is 2.14 bits per heavy atom. The van der Waals surface area contributed by atoms with E-state index in [0.29, 0.717) is 13.2 Å². The maximum absolute atomic E-state index is 12.0. The van der Waals surface area contributed by atoms with Gasteiger partial charge in [0.1, 0.15) is 12.4 Å². The van der Waals surface area contributed by atoms with Crippen molar-refractivity contribution in [1.29, 1.82) is 0 Å². The molecule has 2 N–H and O–H groups in total. The van der Waals surface area contributed by atoms with Gasteiger partial charge in [-0.3, -0.25) is 9.78 Å². The van der Waals surface area contributed by atoms with E-state index in [1.54, 1.807) is 13.1 Å². The van der Waals surface area contributed by atoms with Crippen molar-refractivity contribution in [1.82, 2.24) is 20.1 Å². The summed E-state index contributed by atoms with van der Waals surface area (Å²) in [5.74, 6) is 0.373. The molecule has 2 aromatic rings. The van der Waals surface area contributed by atoms with E-state index in [1.165, 1.54) is 4.90 Å². The Morgan fingerprint density at radius 3 is 2.71 bits per heavy atom. The quantitative estimate of drug-likeness (QED) is 0.774. The molecule has 0 saturated heterocycles. The minimum absolute atomic E-state index is 0.00608. The second kappa shape index (κ2) is 6.56. The van der Waals surface area contributed by atoms with E-state index in [2.05, 4.69) is 21.8 Å². The molecular formula is C14H16N4O3. The fourth-order valence-electron chi connectivity index (χ4n) is 1.74. The fourth-order valence-corrected chi connectivity index (χ4v) is 1.74. The summed E-state index contributed by atoms with van der Waals surface area (Å²) in [7, 11) is 1.64. The Morgan fingerprint density at radius 1 is 1.43 bits per heavy atom. The van der Waals surface area contributed by atoms with Gasteiger partial charge in [0.2, 0.25) is 5.82 Å². The number of aromatic nitrogens is 3. The van der Waals surface area contributed by atoms with Gasteiger partial charge in [-0.2, -0.15) is 0 Å². The summed E-state index contributed by atoms with van der Waals surface area (Å²) in [6.07, 6.45) is 1.67. The molecule has 7 nitrogen and oxygen atoms in total. The van der Waals surface area contributed by atoms with Crippen molar-refractivity contribution in [3.8, 4) is 5.75 Å². The van der Waals surface area contributed by atoms with Crippen LogP contribution < -0.4 is 10.4 Å². The number of ether oxygens (including phenoxy) is 1. The summed E-state index contributed by atoms with van der Waals surface area (Å²) in [4.78, 5) is 26.7. The molecule has 1 aromatic carbocycles. The molecule has 1 heterocycles. The van der Waals surface area contributed by atoms with E-state index in [0.717, 1.165) is 11.3 Å². The average molecular weight is 288 g/mol. The molecule has 0 spiro atoms. The summed E-state index contributed by atoms with van der Waals surface area (Å²) in [5, 5.41) is 5.77. The summed E-state index contributed by atoms with van der Waals surface area (Å²) in [5.41, 5.74) is 0.435. The average Bonchev–Trinajstić information content (AvgIpc) is 2.92. The van der Waals surface area contributed by atoms with Crippen LogP contribution in [-0.4, -0.2) is 39.6 Å². The lowest BCUT2D eigenvalue weighted by Crippen LogP contribution is -2.27. The normalized spacial score (nSPS) is 10.1. The van der Waals surface area contributed by atoms with Crippen molar-refractivity contribution < 1.29 is 9.53 Å². The zero-order chi connectivity index (χ0) is 15.2. The number of amides is 1. The van der Waals surface area contributed by atoms with Crippen LogP contribution in [-0.2, 0) is 6.54 Å². The van der Waals surface area contributed by atoms with Gasteiger partial charge in [-0.1, -0.05) is 24.8 Å². The van der Waals surface area contributed by atoms with Gasteiger partial charge in [-0.25, -0.2) is 9.89 Å². The molecule has 0 saturated carbocycles. The molecular weight excluding hydrogens is 272 g/mol. The van der Waals surface area contributed by atoms with Crippen LogP contribution in [0, 0.1) is 0 Å². The Balaban J connectivity index is 1.98. The largest absolute Gasteiger partial charge is 0.490 e. The van der Waals surface area contributed by atoms with Crippen LogP contribution in [0.25, 0.3) is 0 Å². The van der Waals surface area contributed by atoms with Crippen LogP contribution in [0.15, 0.2) is 41.7 Å². The highest BCUT2D eigenvalue weighted by Gasteiger charge is 2.15. The molecule has 1 amide bonds. The zero-order valence-corrected chi connectivity index (χ0v) is 11.6. The number of rotatable bonds is 6. The first-order chi connectivity index (χ1) is 10.1. The van der Waals surface area contributed by atoms with Crippen LogP contribution >= 0.6 is 0 Å². The van der Waals surface area contributed by atoms with Gasteiger partial charge in [0, 0.05) is 13.6 Å². The minimum Gasteiger partial charge on any atom is -0.490 e. The molecule has 21 heavy (non-hydrogen) atoms. The maximum Gasteiger partial charge on any atom is 0.341 e. The maximum atomic E-state index is 12.0. The van der Waals surface area contributed by atoms with Crippen molar-refractivity contribution in [2.24, 2.45) is 0 Å². The lowest BCUT2D eigenvalue weighted by Gasteiger charge is -2.15. The van der Waals surface area contributed by atoms with Crippen molar-refractivity contribution in [3.05, 3.63) is 58.8 Å². The second-order valence-electron chi connectivity index (χ2n) is 4.43. The summed E-state index contributed by atoms with van der Waals surface area (Å²) in [6.45, 7) is 4.43. The van der Waals surface area contributed by atoms with Crippen LogP contribution in [0.2, 0.25) is 0 Å². The third-order valence-corrected chi connectivity index (χ3v) is 2.76. The number of carbonyl (C=O) groups is 1. The summed E-state index contributed by atoms with van der Waals surface area (Å²) >= 11 is 0. The molecule has 1 aromatic heterocycles. The Hall–Kier alpha value is -2.83. The first-order valence-corrected chi connectivity index (χ1v) is 6.33. The van der Waals surface area contributed by atoms with Gasteiger partial charge >= 0.3 is 5.69 Å². The molecule has 0 atom stereocenters. The summed E-state index contributed by atoms with van der Waals surface area (Å²) in [6, 6.07) is 7.39. The van der Waals surface area contributed by atoms with Gasteiger partial charge in [0.25, 0.3) is 5.91 Å². The van der Waals surface area contributed by atoms with E-state index in [4.69, 9.17) is 4.74 Å². The number of nitrogens with one attached hydrogen (secondary N) is 2. The van der Waals surface area contributed by atoms with Crippen LogP contribution in [0.5, 0.6) is 5.75 Å². The lowest BCUT2D eigenvalue weighted by molar-refractivity contribution is 0.0773. The fraction of sp³-hybridized carbons (Fsp3) is 0.214. The van der Waals surface area contributed by atoms with Crippen LogP contribution in [0.1, 0.15) is 16.2 Å². The molecule has 2 rings (SSSR count). The Bertz CT molecular complexity index is 672. The van der Waals surface area contributed by atoms with Gasteiger partial charge in [-0.05, 0) is 17.7 Å². The smallest absolute Gasteiger partial charge is 0.341 e. The van der Waals surface area contributed by atoms with Crippen molar-refractivity contribution >= 4 is 5.91 Å².